The summed E-state index contributed by atoms with van der Waals surface area (Å²) < 4.78 is 59.6. The fraction of sp³-hybridized carbons (Fsp3) is 0.348. The molecule has 0 spiro atoms. The van der Waals surface area contributed by atoms with Crippen molar-refractivity contribution in [1.29, 1.82) is 0 Å². The lowest BCUT2D eigenvalue weighted by Gasteiger charge is -2.18. The molecule has 1 atom stereocenters. The molecule has 34 heavy (non-hydrogen) atoms. The molecule has 11 heteroatoms. The number of hydrogen-bond acceptors (Lipinski definition) is 5. The molecule has 0 fully saturated rings. The molecule has 0 aliphatic rings. The van der Waals surface area contributed by atoms with E-state index in [-0.39, 0.29) is 23.1 Å². The third-order valence-corrected chi connectivity index (χ3v) is 5.59. The molecule has 6 nitrogen and oxygen atoms in total. The third kappa shape index (κ3) is 6.72. The maximum atomic E-state index is 14.0. The summed E-state index contributed by atoms with van der Waals surface area (Å²) in [5.41, 5.74) is -0.532. The van der Waals surface area contributed by atoms with Crippen LogP contribution in [-0.4, -0.2) is 26.4 Å². The average molecular weight is 497 g/mol. The van der Waals surface area contributed by atoms with Gasteiger partial charge < -0.3 is 14.6 Å². The number of carbonyl (C=O) groups is 1. The van der Waals surface area contributed by atoms with E-state index in [4.69, 9.17) is 4.74 Å². The topological polar surface area (TPSA) is 69.0 Å². The van der Waals surface area contributed by atoms with Crippen LogP contribution < -0.4 is 10.1 Å². The van der Waals surface area contributed by atoms with Gasteiger partial charge in [-0.15, -0.1) is 10.2 Å². The Hall–Kier alpha value is -3.08. The number of thioether (sulfide) groups is 1. The van der Waals surface area contributed by atoms with Crippen LogP contribution in [0.5, 0.6) is 5.75 Å². The minimum Gasteiger partial charge on any atom is -0.480 e. The van der Waals surface area contributed by atoms with Gasteiger partial charge in [-0.05, 0) is 49.2 Å². The van der Waals surface area contributed by atoms with E-state index in [2.05, 4.69) is 15.5 Å². The van der Waals surface area contributed by atoms with E-state index in [1.165, 1.54) is 24.3 Å². The smallest absolute Gasteiger partial charge is 0.416 e. The molecule has 0 saturated heterocycles. The number of carbonyl (C=O) groups excluding carboxylic acids is 1. The van der Waals surface area contributed by atoms with Gasteiger partial charge in [0.1, 0.15) is 0 Å². The number of hydrogen-bond donors (Lipinski definition) is 1. The molecule has 182 valence electrons. The van der Waals surface area contributed by atoms with Gasteiger partial charge in [0.05, 0.1) is 11.3 Å². The van der Waals surface area contributed by atoms with Gasteiger partial charge >= 0.3 is 6.18 Å². The molecule has 0 aliphatic carbocycles. The Kier molecular flexibility index (Phi) is 8.19. The third-order valence-electron chi connectivity index (χ3n) is 4.63. The Morgan fingerprint density at radius 2 is 1.76 bits per heavy atom. The van der Waals surface area contributed by atoms with Gasteiger partial charge in [0.25, 0.3) is 0 Å². The molecule has 1 aromatic heterocycles. The van der Waals surface area contributed by atoms with E-state index in [9.17, 15) is 22.4 Å². The number of halogens is 4. The van der Waals surface area contributed by atoms with Crippen LogP contribution in [0, 0.1) is 11.7 Å². The summed E-state index contributed by atoms with van der Waals surface area (Å²) >= 11 is 1.14. The molecular weight excluding hydrogens is 472 g/mol. The minimum absolute atomic E-state index is 0.0280. The van der Waals surface area contributed by atoms with Crippen molar-refractivity contribution in [3.8, 4) is 5.75 Å². The van der Waals surface area contributed by atoms with Gasteiger partial charge in [-0.25, -0.2) is 4.39 Å². The molecule has 0 radical (unpaired) electrons. The number of anilines is 1. The van der Waals surface area contributed by atoms with E-state index < -0.39 is 29.6 Å². The van der Waals surface area contributed by atoms with Gasteiger partial charge in [0, 0.05) is 12.2 Å². The van der Waals surface area contributed by atoms with Crippen molar-refractivity contribution in [2.24, 2.45) is 5.92 Å². The Labute approximate surface area is 198 Å². The molecule has 0 saturated carbocycles. The number of benzene rings is 2. The van der Waals surface area contributed by atoms with Crippen LogP contribution in [0.25, 0.3) is 0 Å². The van der Waals surface area contributed by atoms with E-state index in [0.29, 0.717) is 17.5 Å². The summed E-state index contributed by atoms with van der Waals surface area (Å²) in [6, 6.07) is 10.3. The first kappa shape index (κ1) is 25.5. The Morgan fingerprint density at radius 3 is 2.38 bits per heavy atom. The molecule has 1 heterocycles. The second-order valence-corrected chi connectivity index (χ2v) is 8.89. The van der Waals surface area contributed by atoms with Crippen LogP contribution in [0.4, 0.5) is 23.2 Å². The summed E-state index contributed by atoms with van der Waals surface area (Å²) in [5, 5.41) is 11.4. The second-order valence-electron chi connectivity index (χ2n) is 7.95. The lowest BCUT2D eigenvalue weighted by atomic mass is 10.2. The highest BCUT2D eigenvalue weighted by Crippen LogP contribution is 2.30. The fourth-order valence-electron chi connectivity index (χ4n) is 3.10. The van der Waals surface area contributed by atoms with E-state index in [1.54, 1.807) is 19.1 Å². The summed E-state index contributed by atoms with van der Waals surface area (Å²) in [7, 11) is 0. The monoisotopic (exact) mass is 496 g/mol. The standard InChI is InChI=1S/C23H24F4N4O2S/c1-14(2)12-31-21(15(3)33-19-7-5-4-6-18(19)24)29-30-22(31)34-13-20(32)28-17-10-8-16(9-11-17)23(25,26)27/h4-11,14-15H,12-13H2,1-3H3,(H,28,32). The summed E-state index contributed by atoms with van der Waals surface area (Å²) in [6.45, 7) is 6.31. The number of alkyl halides is 3. The zero-order chi connectivity index (χ0) is 24.9. The molecule has 3 aromatic rings. The van der Waals surface area contributed by atoms with E-state index in [1.807, 2.05) is 18.4 Å². The molecule has 0 aliphatic heterocycles. The van der Waals surface area contributed by atoms with Gasteiger partial charge in [-0.2, -0.15) is 13.2 Å². The second kappa shape index (κ2) is 10.9. The lowest BCUT2D eigenvalue weighted by molar-refractivity contribution is -0.137. The Bertz CT molecular complexity index is 1120. The highest BCUT2D eigenvalue weighted by atomic mass is 32.2. The van der Waals surface area contributed by atoms with E-state index >= 15 is 0 Å². The van der Waals surface area contributed by atoms with Crippen molar-refractivity contribution in [2.45, 2.75) is 44.8 Å². The normalized spacial score (nSPS) is 12.6. The highest BCUT2D eigenvalue weighted by Gasteiger charge is 2.30. The van der Waals surface area contributed by atoms with Crippen LogP contribution in [0.1, 0.15) is 38.3 Å². The van der Waals surface area contributed by atoms with Crippen LogP contribution in [0.2, 0.25) is 0 Å². The maximum absolute atomic E-state index is 14.0. The zero-order valence-electron chi connectivity index (χ0n) is 18.8. The number of rotatable bonds is 9. The minimum atomic E-state index is -4.44. The van der Waals surface area contributed by atoms with Crippen molar-refractivity contribution in [3.63, 3.8) is 0 Å². The SMILES string of the molecule is CC(C)Cn1c(SCC(=O)Nc2ccc(C(F)(F)F)cc2)nnc1C(C)Oc1ccccc1F. The van der Waals surface area contributed by atoms with Gasteiger partial charge in [-0.1, -0.05) is 37.7 Å². The number of aromatic nitrogens is 3. The summed E-state index contributed by atoms with van der Waals surface area (Å²) in [6.07, 6.45) is -5.04. The Balaban J connectivity index is 1.67. The number of ether oxygens (including phenoxy) is 1. The fourth-order valence-corrected chi connectivity index (χ4v) is 3.85. The summed E-state index contributed by atoms with van der Waals surface area (Å²) in [5.74, 6) is -0.0998. The van der Waals surface area contributed by atoms with Crippen molar-refractivity contribution < 1.29 is 27.1 Å². The Morgan fingerprint density at radius 1 is 1.09 bits per heavy atom. The first-order valence-electron chi connectivity index (χ1n) is 10.5. The first-order valence-corrected chi connectivity index (χ1v) is 11.5. The number of amides is 1. The molecule has 3 rings (SSSR count). The molecule has 1 amide bonds. The number of nitrogens with one attached hydrogen (secondary N) is 1. The number of para-hydroxylation sites is 1. The first-order chi connectivity index (χ1) is 16.0. The van der Waals surface area contributed by atoms with Crippen LogP contribution >= 0.6 is 11.8 Å². The number of nitrogens with zero attached hydrogens (tertiary/aromatic N) is 3. The predicted molar refractivity (Wildman–Crippen MR) is 121 cm³/mol. The maximum Gasteiger partial charge on any atom is 0.416 e. The highest BCUT2D eigenvalue weighted by molar-refractivity contribution is 7.99. The molecule has 2 aromatic carbocycles. The van der Waals surface area contributed by atoms with Crippen molar-refractivity contribution in [2.75, 3.05) is 11.1 Å². The molecule has 0 bridgehead atoms. The van der Waals surface area contributed by atoms with Crippen molar-refractivity contribution >= 4 is 23.4 Å². The molecule has 1 unspecified atom stereocenters. The van der Waals surface area contributed by atoms with Gasteiger partial charge in [0.2, 0.25) is 5.91 Å². The van der Waals surface area contributed by atoms with Gasteiger partial charge in [-0.3, -0.25) is 4.79 Å². The van der Waals surface area contributed by atoms with Crippen molar-refractivity contribution in [1.82, 2.24) is 14.8 Å². The molecule has 1 N–H and O–H groups in total. The quantitative estimate of drug-likeness (QED) is 0.292. The lowest BCUT2D eigenvalue weighted by Crippen LogP contribution is -2.17. The predicted octanol–water partition coefficient (Wildman–Crippen LogP) is 5.96. The zero-order valence-corrected chi connectivity index (χ0v) is 19.6. The van der Waals surface area contributed by atoms with Crippen LogP contribution in [0.3, 0.4) is 0 Å². The van der Waals surface area contributed by atoms with Crippen LogP contribution in [-0.2, 0) is 17.5 Å². The molecular formula is C23H24F4N4O2S. The average Bonchev–Trinajstić information content (AvgIpc) is 3.15. The van der Waals surface area contributed by atoms with Crippen LogP contribution in [0.15, 0.2) is 53.7 Å². The van der Waals surface area contributed by atoms with Gasteiger partial charge in [0.15, 0.2) is 28.7 Å². The van der Waals surface area contributed by atoms with E-state index in [0.717, 1.165) is 23.9 Å². The summed E-state index contributed by atoms with van der Waals surface area (Å²) in [4.78, 5) is 12.3. The van der Waals surface area contributed by atoms with Crippen molar-refractivity contribution in [3.05, 3.63) is 65.7 Å². The largest absolute Gasteiger partial charge is 0.480 e.